The Kier molecular flexibility index (Phi) is 4.49. The van der Waals surface area contributed by atoms with E-state index in [9.17, 15) is 4.79 Å². The van der Waals surface area contributed by atoms with Gasteiger partial charge in [-0.3, -0.25) is 9.36 Å². The molecule has 0 saturated heterocycles. The van der Waals surface area contributed by atoms with E-state index in [1.54, 1.807) is 17.7 Å². The van der Waals surface area contributed by atoms with Gasteiger partial charge in [0.25, 0.3) is 0 Å². The van der Waals surface area contributed by atoms with E-state index >= 15 is 0 Å². The molecule has 23 heavy (non-hydrogen) atoms. The van der Waals surface area contributed by atoms with E-state index in [2.05, 4.69) is 54.4 Å². The third-order valence-corrected chi connectivity index (χ3v) is 5.51. The number of hydrogen-bond acceptors (Lipinski definition) is 5. The summed E-state index contributed by atoms with van der Waals surface area (Å²) in [7, 11) is 0. The highest BCUT2D eigenvalue weighted by Gasteiger charge is 2.14. The van der Waals surface area contributed by atoms with Crippen LogP contribution in [0.3, 0.4) is 0 Å². The molecule has 0 aliphatic heterocycles. The first-order valence-corrected chi connectivity index (χ1v) is 8.77. The average molecular weight is 345 g/mol. The van der Waals surface area contributed by atoms with Crippen molar-refractivity contribution in [3.8, 4) is 15.4 Å². The van der Waals surface area contributed by atoms with Gasteiger partial charge < -0.3 is 5.11 Å². The molecule has 0 unspecified atom stereocenters. The van der Waals surface area contributed by atoms with Crippen LogP contribution in [0.15, 0.2) is 41.8 Å². The van der Waals surface area contributed by atoms with Crippen molar-refractivity contribution in [3.05, 3.63) is 47.8 Å². The molecule has 0 saturated carbocycles. The van der Waals surface area contributed by atoms with Gasteiger partial charge in [-0.05, 0) is 31.0 Å². The molecular formula is C16H15N3O2S2. The summed E-state index contributed by atoms with van der Waals surface area (Å²) in [6.45, 7) is 4.14. The van der Waals surface area contributed by atoms with Crippen LogP contribution in [0.1, 0.15) is 11.1 Å². The fraction of sp³-hybridized carbons (Fsp3) is 0.188. The van der Waals surface area contributed by atoms with E-state index in [-0.39, 0.29) is 5.75 Å². The Morgan fingerprint density at radius 2 is 2.04 bits per heavy atom. The minimum atomic E-state index is -0.868. The van der Waals surface area contributed by atoms with E-state index in [1.165, 1.54) is 33.3 Å². The van der Waals surface area contributed by atoms with Crippen LogP contribution in [0.25, 0.3) is 15.4 Å². The number of carboxylic acids is 1. The number of benzene rings is 1. The Labute approximate surface area is 142 Å². The van der Waals surface area contributed by atoms with Gasteiger partial charge in [-0.25, -0.2) is 0 Å². The molecule has 0 amide bonds. The summed E-state index contributed by atoms with van der Waals surface area (Å²) in [5, 5.41) is 18.3. The van der Waals surface area contributed by atoms with E-state index in [4.69, 9.17) is 5.11 Å². The Morgan fingerprint density at radius 3 is 2.74 bits per heavy atom. The number of rotatable bonds is 5. The Morgan fingerprint density at radius 1 is 1.30 bits per heavy atom. The zero-order valence-electron chi connectivity index (χ0n) is 12.7. The van der Waals surface area contributed by atoms with Gasteiger partial charge in [0.15, 0.2) is 5.16 Å². The van der Waals surface area contributed by atoms with E-state index in [0.717, 1.165) is 5.00 Å². The monoisotopic (exact) mass is 345 g/mol. The molecular weight excluding hydrogens is 330 g/mol. The van der Waals surface area contributed by atoms with Crippen LogP contribution in [0, 0.1) is 13.8 Å². The molecule has 7 heteroatoms. The number of aliphatic carboxylic acids is 1. The van der Waals surface area contributed by atoms with Crippen molar-refractivity contribution in [2.45, 2.75) is 19.0 Å². The average Bonchev–Trinajstić information content (AvgIpc) is 3.12. The third kappa shape index (κ3) is 3.46. The minimum Gasteiger partial charge on any atom is -0.481 e. The molecule has 0 radical (unpaired) electrons. The van der Waals surface area contributed by atoms with Crippen molar-refractivity contribution >= 4 is 29.1 Å². The highest BCUT2D eigenvalue weighted by Crippen LogP contribution is 2.35. The highest BCUT2D eigenvalue weighted by molar-refractivity contribution is 7.99. The highest BCUT2D eigenvalue weighted by atomic mass is 32.2. The molecule has 1 N–H and O–H groups in total. The second-order valence-corrected chi connectivity index (χ2v) is 7.10. The lowest BCUT2D eigenvalue weighted by atomic mass is 10.1. The minimum absolute atomic E-state index is 0.0339. The van der Waals surface area contributed by atoms with Gasteiger partial charge >= 0.3 is 5.97 Å². The summed E-state index contributed by atoms with van der Waals surface area (Å²) in [6, 6.07) is 10.5. The number of nitrogens with zero attached hydrogens (tertiary/aromatic N) is 3. The molecule has 0 aliphatic rings. The van der Waals surface area contributed by atoms with Gasteiger partial charge in [-0.1, -0.05) is 41.6 Å². The van der Waals surface area contributed by atoms with E-state index in [1.807, 2.05) is 4.57 Å². The summed E-state index contributed by atoms with van der Waals surface area (Å²) in [5.74, 6) is -0.902. The fourth-order valence-corrected chi connectivity index (χ4v) is 4.03. The van der Waals surface area contributed by atoms with Crippen molar-refractivity contribution in [2.75, 3.05) is 5.75 Å². The number of thiophene rings is 1. The van der Waals surface area contributed by atoms with E-state index in [0.29, 0.717) is 5.16 Å². The van der Waals surface area contributed by atoms with Crippen LogP contribution >= 0.6 is 23.1 Å². The summed E-state index contributed by atoms with van der Waals surface area (Å²) in [4.78, 5) is 11.9. The molecule has 2 heterocycles. The summed E-state index contributed by atoms with van der Waals surface area (Å²) < 4.78 is 1.84. The van der Waals surface area contributed by atoms with Crippen LogP contribution < -0.4 is 0 Å². The standard InChI is InChI=1S/C16H15N3O2S2/c1-10-3-5-12(6-4-10)15-11(2)7-13(23-15)19-9-17-18-16(19)22-8-14(20)21/h3-7,9H,8H2,1-2H3,(H,20,21). The SMILES string of the molecule is Cc1ccc(-c2sc(-n3cnnc3SCC(=O)O)cc2C)cc1. The normalized spacial score (nSPS) is 10.9. The number of carbonyl (C=O) groups is 1. The van der Waals surface area contributed by atoms with Gasteiger partial charge in [0.1, 0.15) is 11.3 Å². The number of aryl methyl sites for hydroxylation is 2. The van der Waals surface area contributed by atoms with Crippen LogP contribution in [0.2, 0.25) is 0 Å². The molecule has 118 valence electrons. The van der Waals surface area contributed by atoms with Crippen LogP contribution in [0.5, 0.6) is 0 Å². The number of thioether (sulfide) groups is 1. The number of carboxylic acid groups (broad SMARTS) is 1. The van der Waals surface area contributed by atoms with Crippen molar-refractivity contribution in [3.63, 3.8) is 0 Å². The maximum atomic E-state index is 10.7. The van der Waals surface area contributed by atoms with Crippen LogP contribution in [-0.4, -0.2) is 31.6 Å². The summed E-state index contributed by atoms with van der Waals surface area (Å²) in [5.41, 5.74) is 3.59. The van der Waals surface area contributed by atoms with Crippen molar-refractivity contribution in [1.29, 1.82) is 0 Å². The zero-order chi connectivity index (χ0) is 16.4. The van der Waals surface area contributed by atoms with Crippen molar-refractivity contribution in [1.82, 2.24) is 14.8 Å². The topological polar surface area (TPSA) is 68.0 Å². The third-order valence-electron chi connectivity index (χ3n) is 3.30. The van der Waals surface area contributed by atoms with E-state index < -0.39 is 5.97 Å². The molecule has 0 fully saturated rings. The van der Waals surface area contributed by atoms with Gasteiger partial charge in [0.05, 0.1) is 5.75 Å². The maximum absolute atomic E-state index is 10.7. The lowest BCUT2D eigenvalue weighted by Crippen LogP contribution is -2.00. The first-order valence-electron chi connectivity index (χ1n) is 6.97. The molecule has 3 rings (SSSR count). The van der Waals surface area contributed by atoms with Gasteiger partial charge in [0.2, 0.25) is 0 Å². The summed E-state index contributed by atoms with van der Waals surface area (Å²) in [6.07, 6.45) is 1.62. The van der Waals surface area contributed by atoms with Gasteiger partial charge in [-0.15, -0.1) is 21.5 Å². The fourth-order valence-electron chi connectivity index (χ4n) is 2.18. The van der Waals surface area contributed by atoms with Gasteiger partial charge in [0, 0.05) is 4.88 Å². The summed E-state index contributed by atoms with van der Waals surface area (Å²) >= 11 is 2.81. The lowest BCUT2D eigenvalue weighted by molar-refractivity contribution is -0.133. The second-order valence-electron chi connectivity index (χ2n) is 5.13. The Balaban J connectivity index is 1.93. The molecule has 0 bridgehead atoms. The Hall–Kier alpha value is -2.12. The first-order chi connectivity index (χ1) is 11.0. The smallest absolute Gasteiger partial charge is 0.313 e. The maximum Gasteiger partial charge on any atom is 0.313 e. The predicted octanol–water partition coefficient (Wildman–Crippen LogP) is 3.79. The predicted molar refractivity (Wildman–Crippen MR) is 92.5 cm³/mol. The molecule has 0 atom stereocenters. The molecule has 2 aromatic heterocycles. The largest absolute Gasteiger partial charge is 0.481 e. The second kappa shape index (κ2) is 6.55. The molecule has 0 spiro atoms. The molecule has 1 aromatic carbocycles. The zero-order valence-corrected chi connectivity index (χ0v) is 14.3. The number of aromatic nitrogens is 3. The first kappa shape index (κ1) is 15.8. The van der Waals surface area contributed by atoms with Crippen molar-refractivity contribution < 1.29 is 9.90 Å². The van der Waals surface area contributed by atoms with Crippen molar-refractivity contribution in [2.24, 2.45) is 0 Å². The number of hydrogen-bond donors (Lipinski definition) is 1. The van der Waals surface area contributed by atoms with Gasteiger partial charge in [-0.2, -0.15) is 0 Å². The molecule has 3 aromatic rings. The molecule has 5 nitrogen and oxygen atoms in total. The van der Waals surface area contributed by atoms with Crippen LogP contribution in [0.4, 0.5) is 0 Å². The lowest BCUT2D eigenvalue weighted by Gasteiger charge is -2.02. The Bertz CT molecular complexity index is 837. The quantitative estimate of drug-likeness (QED) is 0.713. The van der Waals surface area contributed by atoms with Crippen LogP contribution in [-0.2, 0) is 4.79 Å². The molecule has 0 aliphatic carbocycles.